The van der Waals surface area contributed by atoms with Gasteiger partial charge in [0.15, 0.2) is 0 Å². The predicted octanol–water partition coefficient (Wildman–Crippen LogP) is 5.14. The number of hydrogen-bond donors (Lipinski definition) is 0. The first-order chi connectivity index (χ1) is 9.15. The first kappa shape index (κ1) is 14.7. The van der Waals surface area contributed by atoms with Crippen molar-refractivity contribution in [2.75, 3.05) is 11.9 Å². The highest BCUT2D eigenvalue weighted by Crippen LogP contribution is 2.32. The minimum absolute atomic E-state index is 0.604. The molecule has 0 saturated heterocycles. The molecule has 0 amide bonds. The lowest BCUT2D eigenvalue weighted by atomic mass is 9.84. The molecular formula is C17H26ClN. The number of aryl methyl sites for hydroxylation is 1. The summed E-state index contributed by atoms with van der Waals surface area (Å²) < 4.78 is 0. The van der Waals surface area contributed by atoms with Gasteiger partial charge < -0.3 is 4.90 Å². The highest BCUT2D eigenvalue weighted by molar-refractivity contribution is 6.17. The Bertz CT molecular complexity index is 408. The van der Waals surface area contributed by atoms with Crippen LogP contribution in [0.3, 0.4) is 0 Å². The van der Waals surface area contributed by atoms with Crippen molar-refractivity contribution in [1.82, 2.24) is 0 Å². The zero-order valence-corrected chi connectivity index (χ0v) is 13.2. The van der Waals surface area contributed by atoms with Gasteiger partial charge in [-0.1, -0.05) is 25.5 Å². The highest BCUT2D eigenvalue weighted by Gasteiger charge is 2.23. The quantitative estimate of drug-likeness (QED) is 0.690. The molecule has 106 valence electrons. The third kappa shape index (κ3) is 3.45. The van der Waals surface area contributed by atoms with Crippen LogP contribution in [0.4, 0.5) is 5.69 Å². The molecule has 0 bridgehead atoms. The van der Waals surface area contributed by atoms with E-state index in [2.05, 4.69) is 44.0 Å². The molecule has 0 heterocycles. The zero-order chi connectivity index (χ0) is 13.8. The number of anilines is 1. The first-order valence-corrected chi connectivity index (χ1v) is 8.07. The molecule has 0 spiro atoms. The summed E-state index contributed by atoms with van der Waals surface area (Å²) in [5.74, 6) is 1.57. The van der Waals surface area contributed by atoms with Gasteiger partial charge in [-0.15, -0.1) is 11.6 Å². The minimum atomic E-state index is 0.604. The topological polar surface area (TPSA) is 3.24 Å². The second kappa shape index (κ2) is 6.65. The Kier molecular flexibility index (Phi) is 5.15. The maximum absolute atomic E-state index is 5.90. The maximum atomic E-state index is 5.90. The summed E-state index contributed by atoms with van der Waals surface area (Å²) in [6.45, 7) is 4.52. The summed E-state index contributed by atoms with van der Waals surface area (Å²) in [6.07, 6.45) is 6.81. The van der Waals surface area contributed by atoms with Crippen molar-refractivity contribution in [3.63, 3.8) is 0 Å². The summed E-state index contributed by atoms with van der Waals surface area (Å²) in [7, 11) is 2.25. The van der Waals surface area contributed by atoms with E-state index in [4.69, 9.17) is 11.6 Å². The number of benzene rings is 1. The van der Waals surface area contributed by atoms with E-state index in [1.807, 2.05) is 0 Å². The average Bonchev–Trinajstić information content (AvgIpc) is 2.46. The molecule has 0 N–H and O–H groups in total. The Morgan fingerprint density at radius 3 is 2.42 bits per heavy atom. The summed E-state index contributed by atoms with van der Waals surface area (Å²) in [5.41, 5.74) is 3.93. The van der Waals surface area contributed by atoms with E-state index in [-0.39, 0.29) is 0 Å². The van der Waals surface area contributed by atoms with Gasteiger partial charge in [0.2, 0.25) is 0 Å². The molecule has 0 radical (unpaired) electrons. The Hall–Kier alpha value is -0.690. The fourth-order valence-corrected chi connectivity index (χ4v) is 3.50. The molecule has 1 nitrogen and oxygen atoms in total. The maximum Gasteiger partial charge on any atom is 0.0474 e. The van der Waals surface area contributed by atoms with E-state index in [9.17, 15) is 0 Å². The molecule has 0 atom stereocenters. The fraction of sp³-hybridized carbons (Fsp3) is 0.647. The molecule has 1 fully saturated rings. The molecule has 0 unspecified atom stereocenters. The van der Waals surface area contributed by atoms with Gasteiger partial charge in [-0.05, 0) is 55.7 Å². The van der Waals surface area contributed by atoms with Gasteiger partial charge >= 0.3 is 0 Å². The van der Waals surface area contributed by atoms with E-state index in [1.54, 1.807) is 0 Å². The molecule has 1 aromatic rings. The predicted molar refractivity (Wildman–Crippen MR) is 85.2 cm³/mol. The van der Waals surface area contributed by atoms with Crippen LogP contribution >= 0.6 is 11.6 Å². The van der Waals surface area contributed by atoms with Crippen LogP contribution in [0, 0.1) is 12.8 Å². The van der Waals surface area contributed by atoms with Crippen molar-refractivity contribution < 1.29 is 0 Å². The molecule has 1 aliphatic rings. The van der Waals surface area contributed by atoms with Crippen LogP contribution in [-0.2, 0) is 5.88 Å². The Labute approximate surface area is 123 Å². The van der Waals surface area contributed by atoms with Gasteiger partial charge in [-0.2, -0.15) is 0 Å². The summed E-state index contributed by atoms with van der Waals surface area (Å²) >= 11 is 5.90. The number of nitrogens with zero attached hydrogens (tertiary/aromatic N) is 1. The SMILES string of the molecule is CCC1CCC(N(C)c2ccc(CCl)cc2C)CC1. The van der Waals surface area contributed by atoms with Gasteiger partial charge in [0, 0.05) is 24.7 Å². The van der Waals surface area contributed by atoms with Crippen LogP contribution in [0.25, 0.3) is 0 Å². The third-order valence-electron chi connectivity index (χ3n) is 4.74. The van der Waals surface area contributed by atoms with Crippen LogP contribution < -0.4 is 4.90 Å². The van der Waals surface area contributed by atoms with Gasteiger partial charge in [0.25, 0.3) is 0 Å². The highest BCUT2D eigenvalue weighted by atomic mass is 35.5. The minimum Gasteiger partial charge on any atom is -0.371 e. The zero-order valence-electron chi connectivity index (χ0n) is 12.5. The van der Waals surface area contributed by atoms with E-state index < -0.39 is 0 Å². The third-order valence-corrected chi connectivity index (χ3v) is 5.05. The smallest absolute Gasteiger partial charge is 0.0474 e. The van der Waals surface area contributed by atoms with E-state index >= 15 is 0 Å². The van der Waals surface area contributed by atoms with E-state index in [0.29, 0.717) is 11.9 Å². The van der Waals surface area contributed by atoms with Gasteiger partial charge in [-0.25, -0.2) is 0 Å². The lowest BCUT2D eigenvalue weighted by Crippen LogP contribution is -2.35. The molecule has 1 saturated carbocycles. The van der Waals surface area contributed by atoms with Crippen molar-refractivity contribution in [3.05, 3.63) is 29.3 Å². The lowest BCUT2D eigenvalue weighted by molar-refractivity contribution is 0.313. The van der Waals surface area contributed by atoms with Gasteiger partial charge in [0.1, 0.15) is 0 Å². The molecule has 19 heavy (non-hydrogen) atoms. The monoisotopic (exact) mass is 279 g/mol. The molecule has 2 heteroatoms. The Morgan fingerprint density at radius 1 is 1.21 bits per heavy atom. The molecule has 0 aliphatic heterocycles. The van der Waals surface area contributed by atoms with Crippen LogP contribution in [0.5, 0.6) is 0 Å². The lowest BCUT2D eigenvalue weighted by Gasteiger charge is -2.36. The number of rotatable bonds is 4. The number of hydrogen-bond acceptors (Lipinski definition) is 1. The number of alkyl halides is 1. The summed E-state index contributed by atoms with van der Waals surface area (Å²) in [5, 5.41) is 0. The van der Waals surface area contributed by atoms with Crippen molar-refractivity contribution >= 4 is 17.3 Å². The molecule has 0 aromatic heterocycles. The Balaban J connectivity index is 2.05. The van der Waals surface area contributed by atoms with Crippen molar-refractivity contribution in [2.45, 2.75) is 57.9 Å². The van der Waals surface area contributed by atoms with Crippen molar-refractivity contribution in [3.8, 4) is 0 Å². The number of halogens is 1. The van der Waals surface area contributed by atoms with Crippen molar-refractivity contribution in [2.24, 2.45) is 5.92 Å². The van der Waals surface area contributed by atoms with Gasteiger partial charge in [-0.3, -0.25) is 0 Å². The summed E-state index contributed by atoms with van der Waals surface area (Å²) in [4.78, 5) is 2.49. The molecule has 1 aliphatic carbocycles. The fourth-order valence-electron chi connectivity index (χ4n) is 3.33. The van der Waals surface area contributed by atoms with E-state index in [1.165, 1.54) is 48.9 Å². The largest absolute Gasteiger partial charge is 0.371 e. The average molecular weight is 280 g/mol. The first-order valence-electron chi connectivity index (χ1n) is 7.54. The second-order valence-corrected chi connectivity index (χ2v) is 6.22. The second-order valence-electron chi connectivity index (χ2n) is 5.95. The van der Waals surface area contributed by atoms with Crippen LogP contribution in [0.2, 0.25) is 0 Å². The molecule has 2 rings (SSSR count). The molecular weight excluding hydrogens is 254 g/mol. The van der Waals surface area contributed by atoms with Gasteiger partial charge in [0.05, 0.1) is 0 Å². The Morgan fingerprint density at radius 2 is 1.89 bits per heavy atom. The van der Waals surface area contributed by atoms with Crippen LogP contribution in [0.1, 0.15) is 50.2 Å². The standard InChI is InChI=1S/C17H26ClN/c1-4-14-5-8-16(9-6-14)19(3)17-10-7-15(12-18)11-13(17)2/h7,10-11,14,16H,4-6,8-9,12H2,1-3H3. The normalized spacial score (nSPS) is 23.4. The van der Waals surface area contributed by atoms with Crippen LogP contribution in [0.15, 0.2) is 18.2 Å². The van der Waals surface area contributed by atoms with E-state index in [0.717, 1.165) is 5.92 Å². The summed E-state index contributed by atoms with van der Waals surface area (Å²) in [6, 6.07) is 7.32. The van der Waals surface area contributed by atoms with Crippen LogP contribution in [-0.4, -0.2) is 13.1 Å². The molecule has 1 aromatic carbocycles. The van der Waals surface area contributed by atoms with Crippen molar-refractivity contribution in [1.29, 1.82) is 0 Å².